The summed E-state index contributed by atoms with van der Waals surface area (Å²) in [4.78, 5) is 28.5. The molecule has 1 aromatic heterocycles. The zero-order valence-corrected chi connectivity index (χ0v) is 19.7. The maximum Gasteiger partial charge on any atom is 0.305 e. The molecule has 0 saturated heterocycles. The summed E-state index contributed by atoms with van der Waals surface area (Å²) in [5, 5.41) is 3.02. The standard InChI is InChI=1S/C25H30N2O3S/c1-15-6-8-19(9-7-15)31-13-12-21-17(3)25(29)27-23(21)14-22-16(2)20(18(4)26-22)10-11-24(28)30-5/h6-9,14,26H,10-13H2,1-5H3,(H,27,29)/b23-14-. The molecule has 3 rings (SSSR count). The molecule has 1 aliphatic heterocycles. The van der Waals surface area contributed by atoms with Gasteiger partial charge in [0.15, 0.2) is 0 Å². The minimum atomic E-state index is -0.213. The van der Waals surface area contributed by atoms with Crippen molar-refractivity contribution in [2.45, 2.75) is 51.9 Å². The molecule has 164 valence electrons. The Kier molecular flexibility index (Phi) is 7.44. The first-order valence-electron chi connectivity index (χ1n) is 10.5. The molecule has 0 unspecified atom stereocenters. The summed E-state index contributed by atoms with van der Waals surface area (Å²) in [6, 6.07) is 8.51. The molecule has 6 heteroatoms. The summed E-state index contributed by atoms with van der Waals surface area (Å²) in [6.07, 6.45) is 3.81. The maximum absolute atomic E-state index is 12.3. The van der Waals surface area contributed by atoms with E-state index in [0.717, 1.165) is 51.5 Å². The number of methoxy groups -OCH3 is 1. The number of aryl methyl sites for hydroxylation is 2. The first kappa shape index (κ1) is 22.9. The van der Waals surface area contributed by atoms with Gasteiger partial charge in [-0.15, -0.1) is 11.8 Å². The monoisotopic (exact) mass is 438 g/mol. The summed E-state index contributed by atoms with van der Waals surface area (Å²) in [5.74, 6) is 0.651. The lowest BCUT2D eigenvalue weighted by Gasteiger charge is -2.07. The van der Waals surface area contributed by atoms with Gasteiger partial charge in [-0.05, 0) is 75.4 Å². The Bertz CT molecular complexity index is 1050. The van der Waals surface area contributed by atoms with E-state index in [9.17, 15) is 9.59 Å². The van der Waals surface area contributed by atoms with E-state index < -0.39 is 0 Å². The Morgan fingerprint density at radius 3 is 2.48 bits per heavy atom. The average molecular weight is 439 g/mol. The number of thioether (sulfide) groups is 1. The highest BCUT2D eigenvalue weighted by Crippen LogP contribution is 2.30. The van der Waals surface area contributed by atoms with Gasteiger partial charge in [-0.1, -0.05) is 17.7 Å². The number of amides is 1. The molecule has 0 spiro atoms. The zero-order chi connectivity index (χ0) is 22.5. The molecule has 31 heavy (non-hydrogen) atoms. The van der Waals surface area contributed by atoms with Crippen LogP contribution in [0.3, 0.4) is 0 Å². The van der Waals surface area contributed by atoms with Crippen molar-refractivity contribution in [3.63, 3.8) is 0 Å². The number of aromatic nitrogens is 1. The number of benzene rings is 1. The highest BCUT2D eigenvalue weighted by Gasteiger charge is 2.24. The van der Waals surface area contributed by atoms with E-state index in [1.807, 2.05) is 26.8 Å². The van der Waals surface area contributed by atoms with Crippen molar-refractivity contribution in [3.8, 4) is 0 Å². The van der Waals surface area contributed by atoms with E-state index in [1.54, 1.807) is 11.8 Å². The number of nitrogens with one attached hydrogen (secondary N) is 2. The third-order valence-corrected chi connectivity index (χ3v) is 6.75. The number of H-pyrrole nitrogens is 1. The van der Waals surface area contributed by atoms with Gasteiger partial charge in [0.2, 0.25) is 0 Å². The van der Waals surface area contributed by atoms with Gasteiger partial charge in [-0.2, -0.15) is 0 Å². The van der Waals surface area contributed by atoms with Crippen LogP contribution in [0, 0.1) is 20.8 Å². The Morgan fingerprint density at radius 2 is 1.81 bits per heavy atom. The lowest BCUT2D eigenvalue weighted by molar-refractivity contribution is -0.140. The Balaban J connectivity index is 1.75. The fraction of sp³-hybridized carbons (Fsp3) is 0.360. The molecule has 0 saturated carbocycles. The van der Waals surface area contributed by atoms with Gasteiger partial charge in [0.05, 0.1) is 7.11 Å². The van der Waals surface area contributed by atoms with Crippen molar-refractivity contribution in [1.82, 2.24) is 10.3 Å². The van der Waals surface area contributed by atoms with Gasteiger partial charge in [-0.25, -0.2) is 0 Å². The highest BCUT2D eigenvalue weighted by atomic mass is 32.2. The molecular weight excluding hydrogens is 408 g/mol. The zero-order valence-electron chi connectivity index (χ0n) is 18.8. The number of ether oxygens (including phenoxy) is 1. The maximum atomic E-state index is 12.3. The van der Waals surface area contributed by atoms with Gasteiger partial charge in [-0.3, -0.25) is 9.59 Å². The van der Waals surface area contributed by atoms with Crippen LogP contribution in [0.15, 0.2) is 46.0 Å². The van der Waals surface area contributed by atoms with E-state index in [4.69, 9.17) is 4.74 Å². The number of rotatable bonds is 8. The Hall–Kier alpha value is -2.73. The van der Waals surface area contributed by atoms with Gasteiger partial charge in [0, 0.05) is 39.7 Å². The lowest BCUT2D eigenvalue weighted by atomic mass is 10.0. The minimum Gasteiger partial charge on any atom is -0.469 e. The fourth-order valence-electron chi connectivity index (χ4n) is 3.79. The predicted molar refractivity (Wildman–Crippen MR) is 126 cm³/mol. The number of carbonyl (C=O) groups excluding carboxylic acids is 2. The smallest absolute Gasteiger partial charge is 0.305 e. The second-order valence-electron chi connectivity index (χ2n) is 7.87. The molecule has 0 fully saturated rings. The normalized spacial score (nSPS) is 15.0. The predicted octanol–water partition coefficient (Wildman–Crippen LogP) is 5.02. The number of carbonyl (C=O) groups is 2. The number of aromatic amines is 1. The average Bonchev–Trinajstić information content (AvgIpc) is 3.17. The van der Waals surface area contributed by atoms with Crippen LogP contribution in [0.5, 0.6) is 0 Å². The quantitative estimate of drug-likeness (QED) is 0.449. The van der Waals surface area contributed by atoms with Gasteiger partial charge >= 0.3 is 5.97 Å². The number of hydrogen-bond donors (Lipinski definition) is 2. The van der Waals surface area contributed by atoms with Crippen molar-refractivity contribution in [3.05, 3.63) is 69.2 Å². The molecule has 1 amide bonds. The van der Waals surface area contributed by atoms with E-state index in [1.165, 1.54) is 17.6 Å². The van der Waals surface area contributed by atoms with Crippen LogP contribution in [-0.4, -0.2) is 29.7 Å². The van der Waals surface area contributed by atoms with E-state index in [0.29, 0.717) is 12.8 Å². The molecule has 2 aromatic rings. The SMILES string of the molecule is COC(=O)CCc1c(C)[nH]c(/C=C2\NC(=O)C(C)=C2CCSc2ccc(C)cc2)c1C. The second-order valence-corrected chi connectivity index (χ2v) is 9.04. The molecule has 0 bridgehead atoms. The van der Waals surface area contributed by atoms with Crippen LogP contribution >= 0.6 is 11.8 Å². The van der Waals surface area contributed by atoms with Crippen molar-refractivity contribution in [2.24, 2.45) is 0 Å². The van der Waals surface area contributed by atoms with Crippen molar-refractivity contribution in [2.75, 3.05) is 12.9 Å². The van der Waals surface area contributed by atoms with Gasteiger partial charge < -0.3 is 15.0 Å². The lowest BCUT2D eigenvalue weighted by Crippen LogP contribution is -2.15. The van der Waals surface area contributed by atoms with Crippen molar-refractivity contribution < 1.29 is 14.3 Å². The molecule has 0 atom stereocenters. The number of allylic oxidation sites excluding steroid dienone is 1. The largest absolute Gasteiger partial charge is 0.469 e. The summed E-state index contributed by atoms with van der Waals surface area (Å²) in [7, 11) is 1.41. The Labute approximate surface area is 188 Å². The van der Waals surface area contributed by atoms with Crippen LogP contribution < -0.4 is 5.32 Å². The molecule has 0 aliphatic carbocycles. The van der Waals surface area contributed by atoms with E-state index in [-0.39, 0.29) is 11.9 Å². The first-order valence-corrected chi connectivity index (χ1v) is 11.5. The fourth-order valence-corrected chi connectivity index (χ4v) is 4.66. The summed E-state index contributed by atoms with van der Waals surface area (Å²) in [6.45, 7) is 8.02. The van der Waals surface area contributed by atoms with Crippen LogP contribution in [-0.2, 0) is 20.7 Å². The second kappa shape index (κ2) is 10.1. The van der Waals surface area contributed by atoms with E-state index in [2.05, 4.69) is 41.5 Å². The third-order valence-electron chi connectivity index (χ3n) is 5.74. The van der Waals surface area contributed by atoms with Crippen LogP contribution in [0.2, 0.25) is 0 Å². The van der Waals surface area contributed by atoms with E-state index >= 15 is 0 Å². The van der Waals surface area contributed by atoms with Gasteiger partial charge in [0.1, 0.15) is 0 Å². The summed E-state index contributed by atoms with van der Waals surface area (Å²) >= 11 is 1.80. The van der Waals surface area contributed by atoms with Crippen LogP contribution in [0.4, 0.5) is 0 Å². The topological polar surface area (TPSA) is 71.2 Å². The molecule has 0 radical (unpaired) electrons. The van der Waals surface area contributed by atoms with Crippen LogP contribution in [0.1, 0.15) is 47.8 Å². The Morgan fingerprint density at radius 1 is 1.10 bits per heavy atom. The summed E-state index contributed by atoms with van der Waals surface area (Å²) in [5.41, 5.74) is 8.17. The molecule has 2 N–H and O–H groups in total. The summed E-state index contributed by atoms with van der Waals surface area (Å²) < 4.78 is 4.76. The molecule has 1 aliphatic rings. The highest BCUT2D eigenvalue weighted by molar-refractivity contribution is 7.99. The first-order chi connectivity index (χ1) is 14.8. The number of esters is 1. The number of hydrogen-bond acceptors (Lipinski definition) is 4. The van der Waals surface area contributed by atoms with Crippen LogP contribution in [0.25, 0.3) is 6.08 Å². The molecule has 2 heterocycles. The third kappa shape index (κ3) is 5.50. The minimum absolute atomic E-state index is 0.0339. The molecule has 1 aromatic carbocycles. The van der Waals surface area contributed by atoms with Crippen molar-refractivity contribution in [1.29, 1.82) is 0 Å². The van der Waals surface area contributed by atoms with Gasteiger partial charge in [0.25, 0.3) is 5.91 Å². The van der Waals surface area contributed by atoms with Crippen molar-refractivity contribution >= 4 is 29.7 Å². The molecule has 5 nitrogen and oxygen atoms in total. The molecular formula is C25H30N2O3S.